The third kappa shape index (κ3) is 4.88. The van der Waals surface area contributed by atoms with Gasteiger partial charge in [0.1, 0.15) is 11.6 Å². The van der Waals surface area contributed by atoms with E-state index in [4.69, 9.17) is 4.74 Å². The molecule has 0 saturated heterocycles. The van der Waals surface area contributed by atoms with E-state index in [0.717, 1.165) is 16.9 Å². The second-order valence-corrected chi connectivity index (χ2v) is 5.26. The normalized spacial score (nSPS) is 11.8. The van der Waals surface area contributed by atoms with Crippen molar-refractivity contribution < 1.29 is 13.9 Å². The number of hydrogen-bond donors (Lipinski definition) is 1. The van der Waals surface area contributed by atoms with E-state index in [2.05, 4.69) is 5.32 Å². The molecule has 0 heterocycles. The maximum atomic E-state index is 12.9. The molecule has 0 unspecified atom stereocenters. The summed E-state index contributed by atoms with van der Waals surface area (Å²) < 4.78 is 18.4. The number of aryl methyl sites for hydroxylation is 1. The Balaban J connectivity index is 1.76. The molecule has 3 nitrogen and oxygen atoms in total. The maximum absolute atomic E-state index is 12.9. The summed E-state index contributed by atoms with van der Waals surface area (Å²) in [5.74, 6) is 0.387. The Labute approximate surface area is 130 Å². The monoisotopic (exact) mass is 301 g/mol. The highest BCUT2D eigenvalue weighted by Gasteiger charge is 2.09. The number of benzene rings is 2. The van der Waals surface area contributed by atoms with Gasteiger partial charge >= 0.3 is 0 Å². The van der Waals surface area contributed by atoms with Gasteiger partial charge in [0.25, 0.3) is 0 Å². The van der Waals surface area contributed by atoms with Gasteiger partial charge in [-0.15, -0.1) is 0 Å². The van der Waals surface area contributed by atoms with Gasteiger partial charge < -0.3 is 10.1 Å². The molecular formula is C18H20FNO2. The highest BCUT2D eigenvalue weighted by Crippen LogP contribution is 2.14. The van der Waals surface area contributed by atoms with Crippen molar-refractivity contribution in [1.29, 1.82) is 0 Å². The van der Waals surface area contributed by atoms with Gasteiger partial charge in [0.2, 0.25) is 5.91 Å². The number of rotatable bonds is 6. The van der Waals surface area contributed by atoms with Gasteiger partial charge in [0.05, 0.1) is 19.1 Å². The van der Waals surface area contributed by atoms with Crippen molar-refractivity contribution in [2.24, 2.45) is 0 Å². The first-order valence-corrected chi connectivity index (χ1v) is 7.29. The summed E-state index contributed by atoms with van der Waals surface area (Å²) in [6.07, 6.45) is 0.277. The first kappa shape index (κ1) is 16.0. The lowest BCUT2D eigenvalue weighted by molar-refractivity contribution is -0.122. The summed E-state index contributed by atoms with van der Waals surface area (Å²) >= 11 is 0. The quantitative estimate of drug-likeness (QED) is 0.881. The Hall–Kier alpha value is -2.36. The van der Waals surface area contributed by atoms with Crippen LogP contribution in [0.4, 0.5) is 4.39 Å². The van der Waals surface area contributed by atoms with Crippen molar-refractivity contribution in [2.75, 3.05) is 6.61 Å². The zero-order chi connectivity index (χ0) is 15.9. The number of nitrogens with one attached hydrogen (secondary N) is 1. The molecule has 2 rings (SSSR count). The number of ether oxygens (including phenoxy) is 1. The van der Waals surface area contributed by atoms with Gasteiger partial charge in [0, 0.05) is 0 Å². The molecule has 0 saturated carbocycles. The van der Waals surface area contributed by atoms with Gasteiger partial charge in [-0.1, -0.05) is 24.3 Å². The van der Waals surface area contributed by atoms with E-state index in [1.165, 1.54) is 12.1 Å². The fourth-order valence-electron chi connectivity index (χ4n) is 2.12. The smallest absolute Gasteiger partial charge is 0.223 e. The zero-order valence-corrected chi connectivity index (χ0v) is 12.8. The van der Waals surface area contributed by atoms with Crippen molar-refractivity contribution in [3.8, 4) is 5.75 Å². The van der Waals surface area contributed by atoms with E-state index in [1.54, 1.807) is 12.1 Å². The number of halogens is 1. The molecule has 0 aliphatic carbocycles. The average Bonchev–Trinajstić information content (AvgIpc) is 2.48. The Morgan fingerprint density at radius 3 is 2.64 bits per heavy atom. The Bertz CT molecular complexity index is 625. The molecule has 0 radical (unpaired) electrons. The predicted octanol–water partition coefficient (Wildman–Crippen LogP) is 3.78. The van der Waals surface area contributed by atoms with Gasteiger partial charge in [-0.3, -0.25) is 4.79 Å². The van der Waals surface area contributed by atoms with Crippen molar-refractivity contribution in [3.05, 3.63) is 65.5 Å². The van der Waals surface area contributed by atoms with Crippen LogP contribution in [0.3, 0.4) is 0 Å². The second kappa shape index (κ2) is 7.59. The number of amides is 1. The lowest BCUT2D eigenvalue weighted by Crippen LogP contribution is -2.27. The van der Waals surface area contributed by atoms with Gasteiger partial charge in [-0.25, -0.2) is 4.39 Å². The van der Waals surface area contributed by atoms with E-state index < -0.39 is 0 Å². The summed E-state index contributed by atoms with van der Waals surface area (Å²) in [5, 5.41) is 2.87. The minimum atomic E-state index is -0.283. The van der Waals surface area contributed by atoms with Crippen molar-refractivity contribution in [2.45, 2.75) is 26.3 Å². The van der Waals surface area contributed by atoms with Crippen LogP contribution in [0.15, 0.2) is 48.5 Å². The first-order valence-electron chi connectivity index (χ1n) is 7.29. The fraction of sp³-hybridized carbons (Fsp3) is 0.278. The van der Waals surface area contributed by atoms with E-state index in [0.29, 0.717) is 6.61 Å². The predicted molar refractivity (Wildman–Crippen MR) is 84.2 cm³/mol. The number of carbonyl (C=O) groups is 1. The molecule has 0 bridgehead atoms. The van der Waals surface area contributed by atoms with Crippen molar-refractivity contribution >= 4 is 5.91 Å². The molecule has 0 aliphatic heterocycles. The van der Waals surface area contributed by atoms with Crippen LogP contribution in [0.1, 0.15) is 30.5 Å². The van der Waals surface area contributed by atoms with Crippen LogP contribution >= 0.6 is 0 Å². The molecule has 1 amide bonds. The molecule has 0 aromatic heterocycles. The highest BCUT2D eigenvalue weighted by molar-refractivity contribution is 5.76. The standard InChI is InChI=1S/C18H20FNO2/c1-13-4-3-5-17(12-13)22-11-10-18(21)20-14(2)15-6-8-16(19)9-7-15/h3-9,12,14H,10-11H2,1-2H3,(H,20,21)/t14-/m0/s1. The third-order valence-electron chi connectivity index (χ3n) is 3.33. The van der Waals surface area contributed by atoms with Gasteiger partial charge in [0.15, 0.2) is 0 Å². The molecule has 22 heavy (non-hydrogen) atoms. The number of carbonyl (C=O) groups excluding carboxylic acids is 1. The Morgan fingerprint density at radius 1 is 1.23 bits per heavy atom. The van der Waals surface area contributed by atoms with E-state index >= 15 is 0 Å². The van der Waals surface area contributed by atoms with Crippen LogP contribution in [-0.2, 0) is 4.79 Å². The van der Waals surface area contributed by atoms with E-state index in [1.807, 2.05) is 38.1 Å². The maximum Gasteiger partial charge on any atom is 0.223 e. The van der Waals surface area contributed by atoms with Gasteiger partial charge in [-0.2, -0.15) is 0 Å². The fourth-order valence-corrected chi connectivity index (χ4v) is 2.12. The van der Waals surface area contributed by atoms with Crippen molar-refractivity contribution in [3.63, 3.8) is 0 Å². The SMILES string of the molecule is Cc1cccc(OCCC(=O)N[C@@H](C)c2ccc(F)cc2)c1. The molecule has 2 aromatic rings. The highest BCUT2D eigenvalue weighted by atomic mass is 19.1. The molecule has 1 N–H and O–H groups in total. The summed E-state index contributed by atoms with van der Waals surface area (Å²) in [4.78, 5) is 11.9. The van der Waals surface area contributed by atoms with E-state index in [-0.39, 0.29) is 24.2 Å². The van der Waals surface area contributed by atoms with Gasteiger partial charge in [-0.05, 0) is 49.2 Å². The van der Waals surface area contributed by atoms with Crippen LogP contribution in [0.5, 0.6) is 5.75 Å². The molecule has 2 aromatic carbocycles. The summed E-state index contributed by atoms with van der Waals surface area (Å²) in [5.41, 5.74) is 1.99. The minimum absolute atomic E-state index is 0.0931. The first-order chi connectivity index (χ1) is 10.5. The topological polar surface area (TPSA) is 38.3 Å². The average molecular weight is 301 g/mol. The van der Waals surface area contributed by atoms with Crippen LogP contribution in [0.25, 0.3) is 0 Å². The molecule has 0 spiro atoms. The Morgan fingerprint density at radius 2 is 1.95 bits per heavy atom. The van der Waals surface area contributed by atoms with Crippen LogP contribution in [0.2, 0.25) is 0 Å². The number of hydrogen-bond acceptors (Lipinski definition) is 2. The summed E-state index contributed by atoms with van der Waals surface area (Å²) in [6.45, 7) is 4.18. The molecule has 0 fully saturated rings. The molecule has 116 valence electrons. The van der Waals surface area contributed by atoms with E-state index in [9.17, 15) is 9.18 Å². The molecule has 4 heteroatoms. The third-order valence-corrected chi connectivity index (χ3v) is 3.33. The van der Waals surface area contributed by atoms with Crippen LogP contribution in [0, 0.1) is 12.7 Å². The summed E-state index contributed by atoms with van der Waals surface area (Å²) in [7, 11) is 0. The molecule has 0 aliphatic rings. The minimum Gasteiger partial charge on any atom is -0.493 e. The summed E-state index contributed by atoms with van der Waals surface area (Å²) in [6, 6.07) is 13.7. The molecule has 1 atom stereocenters. The molecular weight excluding hydrogens is 281 g/mol. The van der Waals surface area contributed by atoms with Crippen molar-refractivity contribution in [1.82, 2.24) is 5.32 Å². The second-order valence-electron chi connectivity index (χ2n) is 5.26. The largest absolute Gasteiger partial charge is 0.493 e. The van der Waals surface area contributed by atoms with Crippen LogP contribution in [-0.4, -0.2) is 12.5 Å². The lowest BCUT2D eigenvalue weighted by Gasteiger charge is -2.14. The Kier molecular flexibility index (Phi) is 5.53. The zero-order valence-electron chi connectivity index (χ0n) is 12.8. The van der Waals surface area contributed by atoms with Crippen LogP contribution < -0.4 is 10.1 Å². The lowest BCUT2D eigenvalue weighted by atomic mass is 10.1.